The van der Waals surface area contributed by atoms with Crippen LogP contribution in [0.15, 0.2) is 11.6 Å². The number of hydrogen-bond donors (Lipinski definition) is 3. The first-order chi connectivity index (χ1) is 19.9. The number of hydrogen-bond acceptors (Lipinski definition) is 6. The van der Waals surface area contributed by atoms with Crippen LogP contribution in [0, 0.1) is 0 Å². The van der Waals surface area contributed by atoms with Gasteiger partial charge in [-0.1, -0.05) is 122 Å². The second-order valence-electron chi connectivity index (χ2n) is 13.0. The van der Waals surface area contributed by atoms with Gasteiger partial charge in [0.15, 0.2) is 0 Å². The number of rotatable bonds is 26. The van der Waals surface area contributed by atoms with Crippen molar-refractivity contribution in [3.05, 3.63) is 11.6 Å². The molecule has 2 rings (SSSR count). The fraction of sp³-hybridized carbons (Fsp3) is 0.914. The Kier molecular flexibility index (Phi) is 20.0. The summed E-state index contributed by atoms with van der Waals surface area (Å²) in [6.07, 6.45) is 26.7. The SMILES string of the molecule is CCCCCCCCCCCC[C@H](O)[C@@H]1CC[C@@H]([C@H](O)CCCCCCCCCC[C@@H](O)CC2=C[C@H](C)OC2=O)O1. The van der Waals surface area contributed by atoms with Crippen molar-refractivity contribution in [2.75, 3.05) is 0 Å². The third kappa shape index (κ3) is 16.5. The van der Waals surface area contributed by atoms with Crippen LogP contribution in [0.25, 0.3) is 0 Å². The minimum absolute atomic E-state index is 0.102. The highest BCUT2D eigenvalue weighted by atomic mass is 16.5. The molecule has 0 aromatic carbocycles. The zero-order valence-corrected chi connectivity index (χ0v) is 26.6. The van der Waals surface area contributed by atoms with E-state index in [4.69, 9.17) is 9.47 Å². The summed E-state index contributed by atoms with van der Waals surface area (Å²) in [5, 5.41) is 31.4. The van der Waals surface area contributed by atoms with E-state index in [-0.39, 0.29) is 24.3 Å². The van der Waals surface area contributed by atoms with E-state index in [1.54, 1.807) is 0 Å². The molecular weight excluding hydrogens is 516 g/mol. The number of carbonyl (C=O) groups is 1. The lowest BCUT2D eigenvalue weighted by Gasteiger charge is -2.22. The minimum Gasteiger partial charge on any atom is -0.455 e. The normalized spacial score (nSPS) is 23.0. The summed E-state index contributed by atoms with van der Waals surface area (Å²) in [7, 11) is 0. The number of esters is 1. The predicted octanol–water partition coefficient (Wildman–Crippen LogP) is 8.09. The highest BCUT2D eigenvalue weighted by molar-refractivity contribution is 5.90. The first-order valence-corrected chi connectivity index (χ1v) is 17.5. The van der Waals surface area contributed by atoms with Gasteiger partial charge in [-0.25, -0.2) is 4.79 Å². The zero-order valence-electron chi connectivity index (χ0n) is 26.6. The van der Waals surface area contributed by atoms with E-state index >= 15 is 0 Å². The molecule has 0 radical (unpaired) electrons. The topological polar surface area (TPSA) is 96.2 Å². The number of aliphatic hydroxyl groups is 3. The van der Waals surface area contributed by atoms with Gasteiger partial charge >= 0.3 is 5.97 Å². The molecule has 3 N–H and O–H groups in total. The van der Waals surface area contributed by atoms with Gasteiger partial charge < -0.3 is 24.8 Å². The van der Waals surface area contributed by atoms with E-state index < -0.39 is 18.3 Å². The second kappa shape index (κ2) is 22.6. The van der Waals surface area contributed by atoms with E-state index in [0.717, 1.165) is 64.2 Å². The number of aliphatic hydroxyl groups excluding tert-OH is 3. The van der Waals surface area contributed by atoms with Gasteiger partial charge in [-0.15, -0.1) is 0 Å². The smallest absolute Gasteiger partial charge is 0.334 e. The van der Waals surface area contributed by atoms with Crippen molar-refractivity contribution < 1.29 is 29.6 Å². The van der Waals surface area contributed by atoms with Crippen LogP contribution in [0.4, 0.5) is 0 Å². The molecule has 240 valence electrons. The molecule has 1 saturated heterocycles. The van der Waals surface area contributed by atoms with E-state index in [1.807, 2.05) is 13.0 Å². The van der Waals surface area contributed by atoms with Crippen LogP contribution in [-0.4, -0.2) is 57.9 Å². The van der Waals surface area contributed by atoms with Gasteiger partial charge in [0.2, 0.25) is 0 Å². The summed E-state index contributed by atoms with van der Waals surface area (Å²) in [6, 6.07) is 0. The van der Waals surface area contributed by atoms with Crippen molar-refractivity contribution in [2.24, 2.45) is 0 Å². The third-order valence-electron chi connectivity index (χ3n) is 9.03. The number of unbranched alkanes of at least 4 members (excludes halogenated alkanes) is 16. The molecule has 6 nitrogen and oxygen atoms in total. The molecule has 0 bridgehead atoms. The fourth-order valence-corrected chi connectivity index (χ4v) is 6.40. The van der Waals surface area contributed by atoms with Crippen LogP contribution < -0.4 is 0 Å². The van der Waals surface area contributed by atoms with Crippen molar-refractivity contribution in [3.63, 3.8) is 0 Å². The minimum atomic E-state index is -0.461. The average molecular weight is 581 g/mol. The summed E-state index contributed by atoms with van der Waals surface area (Å²) in [5.74, 6) is -0.280. The lowest BCUT2D eigenvalue weighted by atomic mass is 9.99. The Hall–Kier alpha value is -0.950. The molecule has 0 spiro atoms. The lowest BCUT2D eigenvalue weighted by molar-refractivity contribution is -0.139. The van der Waals surface area contributed by atoms with Crippen LogP contribution in [0.2, 0.25) is 0 Å². The van der Waals surface area contributed by atoms with Crippen molar-refractivity contribution in [2.45, 2.75) is 205 Å². The van der Waals surface area contributed by atoms with Gasteiger partial charge in [0.25, 0.3) is 0 Å². The molecule has 0 aliphatic carbocycles. The third-order valence-corrected chi connectivity index (χ3v) is 9.03. The summed E-state index contributed by atoms with van der Waals surface area (Å²) in [4.78, 5) is 11.6. The highest BCUT2D eigenvalue weighted by Crippen LogP contribution is 2.28. The van der Waals surface area contributed by atoms with Crippen LogP contribution >= 0.6 is 0 Å². The first kappa shape index (κ1) is 36.2. The van der Waals surface area contributed by atoms with Crippen molar-refractivity contribution >= 4 is 5.97 Å². The molecule has 0 unspecified atom stereocenters. The van der Waals surface area contributed by atoms with Crippen LogP contribution in [-0.2, 0) is 14.3 Å². The maximum atomic E-state index is 11.6. The first-order valence-electron chi connectivity index (χ1n) is 17.5. The molecule has 2 aliphatic rings. The van der Waals surface area contributed by atoms with E-state index in [2.05, 4.69) is 6.92 Å². The Morgan fingerprint density at radius 3 is 1.51 bits per heavy atom. The molecule has 0 aromatic heterocycles. The van der Waals surface area contributed by atoms with Crippen molar-refractivity contribution in [1.82, 2.24) is 0 Å². The standard InChI is InChI=1S/C35H64O6/c1-3-4-5-6-7-8-9-13-16-19-22-31(37)33-24-25-34(41-33)32(38)23-20-17-14-11-10-12-15-18-21-30(36)27-29-26-28(2)40-35(29)39/h26,28,30-34,36-38H,3-25,27H2,1-2H3/t28-,30+,31-,32+,33-,34-/m0/s1. The maximum Gasteiger partial charge on any atom is 0.334 e. The number of cyclic esters (lactones) is 1. The molecule has 6 atom stereocenters. The molecule has 0 saturated carbocycles. The van der Waals surface area contributed by atoms with Gasteiger partial charge in [-0.05, 0) is 45.1 Å². The fourth-order valence-electron chi connectivity index (χ4n) is 6.40. The number of ether oxygens (including phenoxy) is 2. The van der Waals surface area contributed by atoms with Crippen LogP contribution in [0.1, 0.15) is 168 Å². The molecule has 0 aromatic rings. The Balaban J connectivity index is 1.37. The number of carbonyl (C=O) groups excluding carboxylic acids is 1. The van der Waals surface area contributed by atoms with E-state index in [1.165, 1.54) is 83.5 Å². The molecule has 6 heteroatoms. The van der Waals surface area contributed by atoms with Gasteiger partial charge in [-0.3, -0.25) is 0 Å². The Bertz CT molecular complexity index is 694. The quantitative estimate of drug-likeness (QED) is 0.0707. The van der Waals surface area contributed by atoms with Gasteiger partial charge in [0, 0.05) is 12.0 Å². The van der Waals surface area contributed by atoms with E-state index in [0.29, 0.717) is 12.0 Å². The monoisotopic (exact) mass is 580 g/mol. The molecule has 1 fully saturated rings. The molecule has 41 heavy (non-hydrogen) atoms. The molecule has 2 heterocycles. The Labute approximate surface area is 251 Å². The molecular formula is C35H64O6. The second-order valence-corrected chi connectivity index (χ2v) is 13.0. The average Bonchev–Trinajstić information content (AvgIpc) is 3.57. The Morgan fingerprint density at radius 2 is 1.10 bits per heavy atom. The van der Waals surface area contributed by atoms with Crippen LogP contribution in [0.3, 0.4) is 0 Å². The zero-order chi connectivity index (χ0) is 29.7. The summed E-state index contributed by atoms with van der Waals surface area (Å²) in [5.41, 5.74) is 0.617. The van der Waals surface area contributed by atoms with Gasteiger partial charge in [0.1, 0.15) is 6.10 Å². The Morgan fingerprint density at radius 1 is 0.683 bits per heavy atom. The van der Waals surface area contributed by atoms with E-state index in [9.17, 15) is 20.1 Å². The van der Waals surface area contributed by atoms with Crippen LogP contribution in [0.5, 0.6) is 0 Å². The largest absolute Gasteiger partial charge is 0.455 e. The molecule has 2 aliphatic heterocycles. The van der Waals surface area contributed by atoms with Crippen molar-refractivity contribution in [1.29, 1.82) is 0 Å². The van der Waals surface area contributed by atoms with Crippen molar-refractivity contribution in [3.8, 4) is 0 Å². The van der Waals surface area contributed by atoms with Gasteiger partial charge in [0.05, 0.1) is 30.5 Å². The maximum absolute atomic E-state index is 11.6. The summed E-state index contributed by atoms with van der Waals surface area (Å²) < 4.78 is 11.2. The summed E-state index contributed by atoms with van der Waals surface area (Å²) in [6.45, 7) is 4.10. The van der Waals surface area contributed by atoms with Gasteiger partial charge in [-0.2, -0.15) is 0 Å². The lowest BCUT2D eigenvalue weighted by Crippen LogP contribution is -2.31. The molecule has 0 amide bonds. The highest BCUT2D eigenvalue weighted by Gasteiger charge is 2.34. The predicted molar refractivity (Wildman–Crippen MR) is 167 cm³/mol. The summed E-state index contributed by atoms with van der Waals surface area (Å²) >= 11 is 0.